The molecular weight excluding hydrogens is 306 g/mol. The number of fused-ring (bicyclic) bond motifs is 2. The fourth-order valence-corrected chi connectivity index (χ4v) is 4.35. The molecule has 0 heterocycles. The van der Waals surface area contributed by atoms with Crippen LogP contribution in [0.15, 0.2) is 77.6 Å². The molecule has 4 rings (SSSR count). The summed E-state index contributed by atoms with van der Waals surface area (Å²) < 4.78 is 0. The lowest BCUT2D eigenvalue weighted by Gasteiger charge is -2.43. The Morgan fingerprint density at radius 2 is 1.72 bits per heavy atom. The fraction of sp³-hybridized carbons (Fsp3) is 0.182. The third kappa shape index (κ3) is 2.09. The Morgan fingerprint density at radius 1 is 1.00 bits per heavy atom. The summed E-state index contributed by atoms with van der Waals surface area (Å²) in [5.41, 5.74) is 25.0. The van der Waals surface area contributed by atoms with Crippen LogP contribution in [0.3, 0.4) is 0 Å². The molecule has 2 unspecified atom stereocenters. The molecular formula is C22H23N3. The van der Waals surface area contributed by atoms with E-state index in [-0.39, 0.29) is 5.92 Å². The van der Waals surface area contributed by atoms with Gasteiger partial charge >= 0.3 is 0 Å². The highest BCUT2D eigenvalue weighted by Gasteiger charge is 2.43. The average molecular weight is 329 g/mol. The Kier molecular flexibility index (Phi) is 3.37. The lowest BCUT2D eigenvalue weighted by atomic mass is 9.64. The molecule has 2 aliphatic carbocycles. The van der Waals surface area contributed by atoms with Gasteiger partial charge in [-0.2, -0.15) is 0 Å². The van der Waals surface area contributed by atoms with Gasteiger partial charge in [0, 0.05) is 22.7 Å². The molecule has 2 aliphatic rings. The van der Waals surface area contributed by atoms with Crippen molar-refractivity contribution in [3.8, 4) is 0 Å². The minimum absolute atomic E-state index is 0.00762. The van der Waals surface area contributed by atoms with E-state index in [4.69, 9.17) is 17.2 Å². The van der Waals surface area contributed by atoms with Crippen molar-refractivity contribution in [2.45, 2.75) is 19.4 Å². The molecule has 2 atom stereocenters. The van der Waals surface area contributed by atoms with E-state index in [1.54, 1.807) is 0 Å². The number of rotatable bonds is 1. The van der Waals surface area contributed by atoms with Gasteiger partial charge in [-0.3, -0.25) is 0 Å². The maximum atomic E-state index is 7.17. The quantitative estimate of drug-likeness (QED) is 0.696. The predicted molar refractivity (Wildman–Crippen MR) is 106 cm³/mol. The number of allylic oxidation sites excluding steroid dienone is 4. The molecule has 3 nitrogen and oxygen atoms in total. The van der Waals surface area contributed by atoms with Crippen molar-refractivity contribution in [2.24, 2.45) is 17.4 Å². The molecule has 2 aromatic carbocycles. The van der Waals surface area contributed by atoms with Gasteiger partial charge in [-0.25, -0.2) is 0 Å². The van der Waals surface area contributed by atoms with Gasteiger partial charge in [0.1, 0.15) is 0 Å². The van der Waals surface area contributed by atoms with Crippen molar-refractivity contribution in [2.75, 3.05) is 5.73 Å². The van der Waals surface area contributed by atoms with Gasteiger partial charge in [-0.05, 0) is 53.6 Å². The summed E-state index contributed by atoms with van der Waals surface area (Å²) in [5, 5.41) is 2.15. The van der Waals surface area contributed by atoms with Crippen LogP contribution in [0.25, 0.3) is 10.8 Å². The fourth-order valence-electron chi connectivity index (χ4n) is 4.35. The van der Waals surface area contributed by atoms with Crippen LogP contribution in [0.2, 0.25) is 0 Å². The molecule has 0 saturated carbocycles. The SMILES string of the molecule is CC1=CC(N)=C2C=CC=CC2C1(N)c1c(C)cc(N)c2ccccc12. The van der Waals surface area contributed by atoms with E-state index in [1.165, 1.54) is 0 Å². The molecule has 6 N–H and O–H groups in total. The highest BCUT2D eigenvalue weighted by atomic mass is 14.8. The number of benzene rings is 2. The summed E-state index contributed by atoms with van der Waals surface area (Å²) in [5.74, 6) is 0.00762. The summed E-state index contributed by atoms with van der Waals surface area (Å²) in [6.45, 7) is 4.16. The monoisotopic (exact) mass is 329 g/mol. The van der Waals surface area contributed by atoms with Crippen LogP contribution in [0, 0.1) is 12.8 Å². The van der Waals surface area contributed by atoms with E-state index < -0.39 is 5.54 Å². The van der Waals surface area contributed by atoms with E-state index in [0.29, 0.717) is 0 Å². The summed E-state index contributed by atoms with van der Waals surface area (Å²) in [6, 6.07) is 10.2. The Hall–Kier alpha value is -2.78. The van der Waals surface area contributed by atoms with E-state index in [0.717, 1.165) is 44.4 Å². The molecule has 2 aromatic rings. The van der Waals surface area contributed by atoms with Gasteiger partial charge < -0.3 is 17.2 Å². The van der Waals surface area contributed by atoms with E-state index >= 15 is 0 Å². The normalized spacial score (nSPS) is 25.2. The highest BCUT2D eigenvalue weighted by molar-refractivity contribution is 5.97. The standard InChI is InChI=1S/C22H23N3/c1-13-11-19(23)15-7-3-4-8-16(15)21(13)22(25)14(2)12-20(24)17-9-5-6-10-18(17)22/h3-12,18H,23-25H2,1-2H3. The second-order valence-corrected chi connectivity index (χ2v) is 7.03. The Labute approximate surface area is 148 Å². The Morgan fingerprint density at radius 3 is 2.48 bits per heavy atom. The van der Waals surface area contributed by atoms with Crippen LogP contribution < -0.4 is 17.2 Å². The first-order valence-electron chi connectivity index (χ1n) is 8.55. The molecule has 3 heteroatoms. The number of hydrogen-bond acceptors (Lipinski definition) is 3. The summed E-state index contributed by atoms with van der Waals surface area (Å²) >= 11 is 0. The van der Waals surface area contributed by atoms with E-state index in [9.17, 15) is 0 Å². The molecule has 0 fully saturated rings. The Balaban J connectivity index is 2.08. The number of anilines is 1. The molecule has 126 valence electrons. The summed E-state index contributed by atoms with van der Waals surface area (Å²) in [7, 11) is 0. The maximum Gasteiger partial charge on any atom is 0.0740 e. The van der Waals surface area contributed by atoms with Crippen molar-refractivity contribution in [1.82, 2.24) is 0 Å². The van der Waals surface area contributed by atoms with Crippen molar-refractivity contribution in [3.63, 3.8) is 0 Å². The average Bonchev–Trinajstić information content (AvgIpc) is 2.60. The third-order valence-corrected chi connectivity index (χ3v) is 5.56. The molecule has 0 amide bonds. The van der Waals surface area contributed by atoms with Crippen LogP contribution in [-0.4, -0.2) is 0 Å². The smallest absolute Gasteiger partial charge is 0.0740 e. The minimum Gasteiger partial charge on any atom is -0.398 e. The van der Waals surface area contributed by atoms with Crippen molar-refractivity contribution >= 4 is 16.5 Å². The minimum atomic E-state index is -0.656. The molecule has 25 heavy (non-hydrogen) atoms. The van der Waals surface area contributed by atoms with Crippen molar-refractivity contribution < 1.29 is 0 Å². The molecule has 0 radical (unpaired) electrons. The lowest BCUT2D eigenvalue weighted by molar-refractivity contribution is 0.425. The summed E-state index contributed by atoms with van der Waals surface area (Å²) in [6.07, 6.45) is 10.3. The van der Waals surface area contributed by atoms with Crippen LogP contribution in [0.4, 0.5) is 5.69 Å². The van der Waals surface area contributed by atoms with Crippen molar-refractivity contribution in [3.05, 3.63) is 88.7 Å². The van der Waals surface area contributed by atoms with Gasteiger partial charge in [0.2, 0.25) is 0 Å². The first-order valence-corrected chi connectivity index (χ1v) is 8.55. The Bertz CT molecular complexity index is 1010. The number of nitrogen functional groups attached to an aromatic ring is 1. The largest absolute Gasteiger partial charge is 0.398 e. The van der Waals surface area contributed by atoms with Crippen LogP contribution in [0.5, 0.6) is 0 Å². The first-order chi connectivity index (χ1) is 11.9. The zero-order valence-corrected chi connectivity index (χ0v) is 14.6. The zero-order chi connectivity index (χ0) is 17.8. The number of hydrogen-bond donors (Lipinski definition) is 3. The van der Waals surface area contributed by atoms with Crippen molar-refractivity contribution in [1.29, 1.82) is 0 Å². The first kappa shape index (κ1) is 15.7. The third-order valence-electron chi connectivity index (χ3n) is 5.56. The van der Waals surface area contributed by atoms with Crippen LogP contribution in [-0.2, 0) is 5.54 Å². The predicted octanol–water partition coefficient (Wildman–Crippen LogP) is 3.80. The van der Waals surface area contributed by atoms with Crippen LogP contribution in [0.1, 0.15) is 18.1 Å². The number of aryl methyl sites for hydroxylation is 1. The van der Waals surface area contributed by atoms with E-state index in [2.05, 4.69) is 44.2 Å². The molecule has 0 saturated heterocycles. The lowest BCUT2D eigenvalue weighted by Crippen LogP contribution is -2.48. The van der Waals surface area contributed by atoms with E-state index in [1.807, 2.05) is 30.4 Å². The number of nitrogens with two attached hydrogens (primary N) is 3. The van der Waals surface area contributed by atoms with Gasteiger partial charge in [-0.15, -0.1) is 0 Å². The zero-order valence-electron chi connectivity index (χ0n) is 14.6. The molecule has 0 aliphatic heterocycles. The van der Waals surface area contributed by atoms with Crippen LogP contribution >= 0.6 is 0 Å². The van der Waals surface area contributed by atoms with Gasteiger partial charge in [0.15, 0.2) is 0 Å². The van der Waals surface area contributed by atoms with Gasteiger partial charge in [0.05, 0.1) is 5.54 Å². The van der Waals surface area contributed by atoms with Gasteiger partial charge in [0.25, 0.3) is 0 Å². The molecule has 0 aromatic heterocycles. The second kappa shape index (κ2) is 5.36. The molecule has 0 bridgehead atoms. The van der Waals surface area contributed by atoms with Gasteiger partial charge in [-0.1, -0.05) is 48.6 Å². The summed E-state index contributed by atoms with van der Waals surface area (Å²) in [4.78, 5) is 0. The second-order valence-electron chi connectivity index (χ2n) is 7.03. The molecule has 0 spiro atoms. The maximum absolute atomic E-state index is 7.17. The highest BCUT2D eigenvalue weighted by Crippen LogP contribution is 2.48. The topological polar surface area (TPSA) is 78.1 Å².